The van der Waals surface area contributed by atoms with Crippen LogP contribution >= 0.6 is 0 Å². The van der Waals surface area contributed by atoms with Gasteiger partial charge in [-0.05, 0) is 32.3 Å². The van der Waals surface area contributed by atoms with Crippen LogP contribution in [0.5, 0.6) is 0 Å². The topological polar surface area (TPSA) is 32.3 Å². The molecule has 1 unspecified atom stereocenters. The Morgan fingerprint density at radius 3 is 2.47 bits per heavy atom. The Morgan fingerprint density at radius 2 is 2.06 bits per heavy atom. The Labute approximate surface area is 105 Å². The number of hydrogen-bond donors (Lipinski definition) is 1. The summed E-state index contributed by atoms with van der Waals surface area (Å²) in [5.41, 5.74) is 2.24. The van der Waals surface area contributed by atoms with Crippen LogP contribution in [0.15, 0.2) is 11.1 Å². The molecule has 3 heteroatoms. The van der Waals surface area contributed by atoms with Gasteiger partial charge in [0.1, 0.15) is 0 Å². The second kappa shape index (κ2) is 6.80. The lowest BCUT2D eigenvalue weighted by Crippen LogP contribution is -2.42. The summed E-state index contributed by atoms with van der Waals surface area (Å²) in [6.07, 6.45) is 3.25. The molecular formula is C14H26N2O. The van der Waals surface area contributed by atoms with Crippen molar-refractivity contribution in [2.75, 3.05) is 19.6 Å². The minimum absolute atomic E-state index is 0.240. The molecular weight excluding hydrogens is 212 g/mol. The number of nitrogens with zero attached hydrogens (tertiary/aromatic N) is 1. The molecule has 0 spiro atoms. The summed E-state index contributed by atoms with van der Waals surface area (Å²) in [5.74, 6) is 0.240. The zero-order valence-electron chi connectivity index (χ0n) is 11.7. The van der Waals surface area contributed by atoms with Crippen molar-refractivity contribution >= 4 is 5.91 Å². The number of carbonyl (C=O) groups is 1. The highest BCUT2D eigenvalue weighted by atomic mass is 16.2. The van der Waals surface area contributed by atoms with Crippen molar-refractivity contribution in [3.8, 4) is 0 Å². The molecule has 98 valence electrons. The quantitative estimate of drug-likeness (QED) is 0.720. The van der Waals surface area contributed by atoms with Crippen molar-refractivity contribution in [3.63, 3.8) is 0 Å². The molecule has 1 aliphatic heterocycles. The van der Waals surface area contributed by atoms with Crippen molar-refractivity contribution in [1.29, 1.82) is 0 Å². The summed E-state index contributed by atoms with van der Waals surface area (Å²) in [6.45, 7) is 11.1. The van der Waals surface area contributed by atoms with Gasteiger partial charge in [0, 0.05) is 31.2 Å². The van der Waals surface area contributed by atoms with Gasteiger partial charge in [-0.3, -0.25) is 4.79 Å². The Bertz CT molecular complexity index is 291. The fourth-order valence-electron chi connectivity index (χ4n) is 1.95. The fraction of sp³-hybridized carbons (Fsp3) is 0.786. The second-order valence-corrected chi connectivity index (χ2v) is 4.94. The maximum Gasteiger partial charge on any atom is 0.249 e. The molecule has 0 aromatic carbocycles. The third-order valence-electron chi connectivity index (χ3n) is 3.66. The van der Waals surface area contributed by atoms with E-state index in [4.69, 9.17) is 0 Å². The van der Waals surface area contributed by atoms with Crippen LogP contribution < -0.4 is 5.32 Å². The van der Waals surface area contributed by atoms with Gasteiger partial charge in [-0.15, -0.1) is 0 Å². The standard InChI is InChI=1S/C14H26N2O/c1-5-7-8-16(11(3)6-2)14(17)12(4)13-9-15-10-13/h11,15H,5-10H2,1-4H3. The number of rotatable bonds is 6. The van der Waals surface area contributed by atoms with Gasteiger partial charge in [0.05, 0.1) is 0 Å². The number of amides is 1. The van der Waals surface area contributed by atoms with Crippen LogP contribution in [0.3, 0.4) is 0 Å². The lowest BCUT2D eigenvalue weighted by molar-refractivity contribution is -0.129. The molecule has 1 N–H and O–H groups in total. The Hall–Kier alpha value is -0.830. The monoisotopic (exact) mass is 238 g/mol. The molecule has 0 aromatic heterocycles. The molecule has 0 saturated carbocycles. The Kier molecular flexibility index (Phi) is 5.69. The second-order valence-electron chi connectivity index (χ2n) is 4.94. The molecule has 1 saturated heterocycles. The van der Waals surface area contributed by atoms with Crippen LogP contribution in [0, 0.1) is 0 Å². The predicted molar refractivity (Wildman–Crippen MR) is 71.9 cm³/mol. The molecule has 1 aliphatic rings. The van der Waals surface area contributed by atoms with Gasteiger partial charge < -0.3 is 10.2 Å². The molecule has 1 rings (SSSR count). The van der Waals surface area contributed by atoms with Crippen LogP contribution in [-0.4, -0.2) is 36.5 Å². The summed E-state index contributed by atoms with van der Waals surface area (Å²) < 4.78 is 0. The lowest BCUT2D eigenvalue weighted by Gasteiger charge is -2.31. The molecule has 0 radical (unpaired) electrons. The minimum Gasteiger partial charge on any atom is -0.336 e. The van der Waals surface area contributed by atoms with E-state index >= 15 is 0 Å². The molecule has 1 fully saturated rings. The summed E-state index contributed by atoms with van der Waals surface area (Å²) >= 11 is 0. The van der Waals surface area contributed by atoms with Crippen molar-refractivity contribution in [1.82, 2.24) is 10.2 Å². The van der Waals surface area contributed by atoms with E-state index in [2.05, 4.69) is 26.1 Å². The summed E-state index contributed by atoms with van der Waals surface area (Å²) in [4.78, 5) is 14.5. The lowest BCUT2D eigenvalue weighted by atomic mass is 10.0. The first-order valence-corrected chi connectivity index (χ1v) is 6.82. The van der Waals surface area contributed by atoms with E-state index < -0.39 is 0 Å². The summed E-state index contributed by atoms with van der Waals surface area (Å²) in [7, 11) is 0. The van der Waals surface area contributed by atoms with E-state index in [0.29, 0.717) is 6.04 Å². The molecule has 0 bridgehead atoms. The van der Waals surface area contributed by atoms with Gasteiger partial charge in [-0.25, -0.2) is 0 Å². The zero-order chi connectivity index (χ0) is 12.8. The third kappa shape index (κ3) is 3.56. The van der Waals surface area contributed by atoms with E-state index in [-0.39, 0.29) is 5.91 Å². The van der Waals surface area contributed by atoms with Crippen molar-refractivity contribution in [3.05, 3.63) is 11.1 Å². The number of nitrogens with one attached hydrogen (secondary N) is 1. The van der Waals surface area contributed by atoms with Crippen molar-refractivity contribution in [2.24, 2.45) is 0 Å². The smallest absolute Gasteiger partial charge is 0.249 e. The average molecular weight is 238 g/mol. The zero-order valence-corrected chi connectivity index (χ0v) is 11.7. The highest BCUT2D eigenvalue weighted by Crippen LogP contribution is 2.15. The molecule has 17 heavy (non-hydrogen) atoms. The molecule has 1 atom stereocenters. The average Bonchev–Trinajstić information content (AvgIpc) is 2.26. The van der Waals surface area contributed by atoms with Gasteiger partial charge in [0.15, 0.2) is 0 Å². The largest absolute Gasteiger partial charge is 0.336 e. The fourth-order valence-corrected chi connectivity index (χ4v) is 1.95. The van der Waals surface area contributed by atoms with Crippen molar-refractivity contribution < 1.29 is 4.79 Å². The van der Waals surface area contributed by atoms with Gasteiger partial charge in [0.2, 0.25) is 5.91 Å². The maximum absolute atomic E-state index is 12.4. The van der Waals surface area contributed by atoms with E-state index in [1.807, 2.05) is 11.8 Å². The first kappa shape index (κ1) is 14.2. The molecule has 1 heterocycles. The molecule has 0 aromatic rings. The maximum atomic E-state index is 12.4. The van der Waals surface area contributed by atoms with Crippen LogP contribution in [0.4, 0.5) is 0 Å². The number of hydrogen-bond acceptors (Lipinski definition) is 2. The first-order valence-electron chi connectivity index (χ1n) is 6.82. The number of carbonyl (C=O) groups excluding carboxylic acids is 1. The Morgan fingerprint density at radius 1 is 1.41 bits per heavy atom. The van der Waals surface area contributed by atoms with E-state index in [1.165, 1.54) is 5.57 Å². The van der Waals surface area contributed by atoms with Crippen LogP contribution in [-0.2, 0) is 4.79 Å². The van der Waals surface area contributed by atoms with Gasteiger partial charge in [0.25, 0.3) is 0 Å². The van der Waals surface area contributed by atoms with Gasteiger partial charge in [-0.2, -0.15) is 0 Å². The summed E-state index contributed by atoms with van der Waals surface area (Å²) in [6, 6.07) is 0.345. The highest BCUT2D eigenvalue weighted by Gasteiger charge is 2.23. The van der Waals surface area contributed by atoms with Gasteiger partial charge >= 0.3 is 0 Å². The first-order chi connectivity index (χ1) is 8.11. The SMILES string of the molecule is CCCCN(C(=O)C(C)=C1CNC1)C(C)CC. The van der Waals surface area contributed by atoms with Crippen LogP contribution in [0.25, 0.3) is 0 Å². The van der Waals surface area contributed by atoms with Crippen molar-refractivity contribution in [2.45, 2.75) is 53.0 Å². The van der Waals surface area contributed by atoms with Crippen LogP contribution in [0.2, 0.25) is 0 Å². The normalized spacial score (nSPS) is 16.4. The summed E-state index contributed by atoms with van der Waals surface area (Å²) in [5, 5.41) is 3.19. The predicted octanol–water partition coefficient (Wildman–Crippen LogP) is 2.33. The van der Waals surface area contributed by atoms with E-state index in [1.54, 1.807) is 0 Å². The molecule has 1 amide bonds. The number of unbranched alkanes of at least 4 members (excludes halogenated alkanes) is 1. The molecule has 3 nitrogen and oxygen atoms in total. The van der Waals surface area contributed by atoms with E-state index in [0.717, 1.165) is 44.5 Å². The van der Waals surface area contributed by atoms with Gasteiger partial charge in [-0.1, -0.05) is 20.3 Å². The third-order valence-corrected chi connectivity index (χ3v) is 3.66. The minimum atomic E-state index is 0.240. The Balaban J connectivity index is 2.71. The highest BCUT2D eigenvalue weighted by molar-refractivity contribution is 5.94. The molecule has 0 aliphatic carbocycles. The van der Waals surface area contributed by atoms with Crippen LogP contribution in [0.1, 0.15) is 47.0 Å². The van der Waals surface area contributed by atoms with E-state index in [9.17, 15) is 4.79 Å².